The Morgan fingerprint density at radius 3 is 2.72 bits per heavy atom. The van der Waals surface area contributed by atoms with Crippen LogP contribution in [0, 0.1) is 5.82 Å². The van der Waals surface area contributed by atoms with Crippen LogP contribution in [-0.4, -0.2) is 42.0 Å². The van der Waals surface area contributed by atoms with Crippen LogP contribution in [0.5, 0.6) is 0 Å². The molecule has 1 aliphatic carbocycles. The molecule has 1 aromatic heterocycles. The van der Waals surface area contributed by atoms with E-state index in [0.717, 1.165) is 42.6 Å². The molecule has 25 heavy (non-hydrogen) atoms. The van der Waals surface area contributed by atoms with Crippen molar-refractivity contribution in [2.45, 2.75) is 37.1 Å². The highest BCUT2D eigenvalue weighted by Gasteiger charge is 2.59. The summed E-state index contributed by atoms with van der Waals surface area (Å²) in [6, 6.07) is 3.72. The number of aromatic nitrogens is 1. The van der Waals surface area contributed by atoms with Crippen LogP contribution >= 0.6 is 15.9 Å². The fourth-order valence-electron chi connectivity index (χ4n) is 4.96. The number of pyridine rings is 1. The molecule has 5 rings (SSSR count). The van der Waals surface area contributed by atoms with Gasteiger partial charge >= 0.3 is 0 Å². The van der Waals surface area contributed by atoms with Crippen molar-refractivity contribution in [1.82, 2.24) is 9.88 Å². The van der Waals surface area contributed by atoms with Crippen molar-refractivity contribution in [3.8, 4) is 0 Å². The summed E-state index contributed by atoms with van der Waals surface area (Å²) in [5.74, 6) is -0.164. The minimum Gasteiger partial charge on any atom is -0.313 e. The fourth-order valence-corrected chi connectivity index (χ4v) is 5.30. The number of nitrogens with zero attached hydrogens (tertiary/aromatic N) is 3. The summed E-state index contributed by atoms with van der Waals surface area (Å²) in [4.78, 5) is 21.8. The van der Waals surface area contributed by atoms with E-state index in [1.54, 1.807) is 17.2 Å². The monoisotopic (exact) mass is 403 g/mol. The maximum Gasteiger partial charge on any atom is 0.237 e. The maximum atomic E-state index is 13.9. The molecule has 0 bridgehead atoms. The molecule has 2 aromatic rings. The Morgan fingerprint density at radius 1 is 1.28 bits per heavy atom. The fraction of sp³-hybridized carbons (Fsp3) is 0.474. The molecule has 6 heteroatoms. The van der Waals surface area contributed by atoms with Crippen LogP contribution in [0.4, 0.5) is 10.1 Å². The second kappa shape index (κ2) is 5.24. The SMILES string of the molecule is CN1C(=O)C2(CC(N3CCCC3)C2)c2c1cnc1cc(F)c(Br)cc21. The van der Waals surface area contributed by atoms with Crippen molar-refractivity contribution in [2.75, 3.05) is 25.0 Å². The smallest absolute Gasteiger partial charge is 0.237 e. The van der Waals surface area contributed by atoms with Gasteiger partial charge in [0.1, 0.15) is 5.82 Å². The van der Waals surface area contributed by atoms with Gasteiger partial charge in [0.15, 0.2) is 0 Å². The second-order valence-corrected chi connectivity index (χ2v) is 8.41. The molecule has 0 N–H and O–H groups in total. The van der Waals surface area contributed by atoms with Crippen molar-refractivity contribution < 1.29 is 9.18 Å². The van der Waals surface area contributed by atoms with Crippen LogP contribution in [0.15, 0.2) is 22.8 Å². The first kappa shape index (κ1) is 15.7. The lowest BCUT2D eigenvalue weighted by atomic mass is 9.61. The van der Waals surface area contributed by atoms with E-state index in [9.17, 15) is 9.18 Å². The van der Waals surface area contributed by atoms with Gasteiger partial charge in [0.05, 0.1) is 27.3 Å². The number of anilines is 1. The van der Waals surface area contributed by atoms with Gasteiger partial charge in [0.25, 0.3) is 0 Å². The molecule has 3 aliphatic rings. The third-order valence-corrected chi connectivity index (χ3v) is 6.88. The zero-order valence-corrected chi connectivity index (χ0v) is 15.6. The zero-order valence-electron chi connectivity index (χ0n) is 14.1. The molecule has 0 radical (unpaired) electrons. The van der Waals surface area contributed by atoms with E-state index in [-0.39, 0.29) is 11.7 Å². The van der Waals surface area contributed by atoms with Crippen molar-refractivity contribution >= 4 is 38.4 Å². The molecule has 0 unspecified atom stereocenters. The van der Waals surface area contributed by atoms with E-state index < -0.39 is 5.41 Å². The molecular formula is C19H19BrFN3O. The number of likely N-dealkylation sites (tertiary alicyclic amines) is 1. The van der Waals surface area contributed by atoms with Crippen LogP contribution in [0.25, 0.3) is 10.9 Å². The summed E-state index contributed by atoms with van der Waals surface area (Å²) >= 11 is 3.29. The number of amides is 1. The van der Waals surface area contributed by atoms with E-state index in [1.165, 1.54) is 18.9 Å². The maximum absolute atomic E-state index is 13.9. The van der Waals surface area contributed by atoms with E-state index >= 15 is 0 Å². The summed E-state index contributed by atoms with van der Waals surface area (Å²) in [5.41, 5.74) is 2.07. The first-order chi connectivity index (χ1) is 12.0. The number of benzene rings is 1. The molecule has 1 aromatic carbocycles. The number of hydrogen-bond donors (Lipinski definition) is 0. The number of fused-ring (bicyclic) bond motifs is 4. The van der Waals surface area contributed by atoms with Crippen LogP contribution in [0.3, 0.4) is 0 Å². The van der Waals surface area contributed by atoms with Crippen LogP contribution < -0.4 is 4.90 Å². The van der Waals surface area contributed by atoms with Gasteiger partial charge in [-0.25, -0.2) is 4.39 Å². The average Bonchev–Trinajstić information content (AvgIpc) is 3.15. The van der Waals surface area contributed by atoms with E-state index in [0.29, 0.717) is 16.0 Å². The Morgan fingerprint density at radius 2 is 2.00 bits per heavy atom. The predicted octanol–water partition coefficient (Wildman–Crippen LogP) is 3.61. The summed E-state index contributed by atoms with van der Waals surface area (Å²) in [6.45, 7) is 2.29. The van der Waals surface area contributed by atoms with Gasteiger partial charge < -0.3 is 9.80 Å². The third-order valence-electron chi connectivity index (χ3n) is 6.27. The molecule has 4 nitrogen and oxygen atoms in total. The number of carbonyl (C=O) groups is 1. The number of halogens is 2. The highest BCUT2D eigenvalue weighted by Crippen LogP contribution is 2.56. The van der Waals surface area contributed by atoms with Crippen LogP contribution in [-0.2, 0) is 10.2 Å². The minimum absolute atomic E-state index is 0.160. The quantitative estimate of drug-likeness (QED) is 0.729. The molecule has 1 amide bonds. The summed E-state index contributed by atoms with van der Waals surface area (Å²) in [5, 5.41) is 0.892. The Hall–Kier alpha value is -1.53. The molecule has 3 heterocycles. The number of carbonyl (C=O) groups excluding carboxylic acids is 1. The van der Waals surface area contributed by atoms with Crippen molar-refractivity contribution in [2.24, 2.45) is 0 Å². The molecule has 1 saturated carbocycles. The van der Waals surface area contributed by atoms with Gasteiger partial charge in [-0.1, -0.05) is 0 Å². The summed E-state index contributed by atoms with van der Waals surface area (Å²) in [6.07, 6.45) is 5.95. The molecular weight excluding hydrogens is 385 g/mol. The molecule has 1 saturated heterocycles. The normalized spacial score (nSPS) is 28.8. The van der Waals surface area contributed by atoms with E-state index in [1.807, 2.05) is 7.05 Å². The Labute approximate surface area is 154 Å². The van der Waals surface area contributed by atoms with Crippen LogP contribution in [0.1, 0.15) is 31.2 Å². The average molecular weight is 404 g/mol. The predicted molar refractivity (Wildman–Crippen MR) is 98.3 cm³/mol. The van der Waals surface area contributed by atoms with Crippen molar-refractivity contribution in [3.63, 3.8) is 0 Å². The van der Waals surface area contributed by atoms with Crippen LogP contribution in [0.2, 0.25) is 0 Å². The summed E-state index contributed by atoms with van der Waals surface area (Å²) in [7, 11) is 1.82. The lowest BCUT2D eigenvalue weighted by Crippen LogP contribution is -2.56. The van der Waals surface area contributed by atoms with E-state index in [4.69, 9.17) is 0 Å². The lowest BCUT2D eigenvalue weighted by Gasteiger charge is -2.48. The molecule has 130 valence electrons. The van der Waals surface area contributed by atoms with Gasteiger partial charge in [0.2, 0.25) is 5.91 Å². The molecule has 0 atom stereocenters. The van der Waals surface area contributed by atoms with Crippen molar-refractivity contribution in [1.29, 1.82) is 0 Å². The third kappa shape index (κ3) is 2.01. The summed E-state index contributed by atoms with van der Waals surface area (Å²) < 4.78 is 14.4. The largest absolute Gasteiger partial charge is 0.313 e. The minimum atomic E-state index is -0.463. The molecule has 2 fully saturated rings. The highest BCUT2D eigenvalue weighted by molar-refractivity contribution is 9.10. The first-order valence-corrected chi connectivity index (χ1v) is 9.61. The Bertz CT molecular complexity index is 903. The standard InChI is InChI=1S/C19H19BrFN3O/c1-23-16-10-22-15-7-14(21)13(20)6-12(15)17(16)19(18(23)25)8-11(9-19)24-4-2-3-5-24/h6-7,10-11H,2-5,8-9H2,1H3. The van der Waals surface area contributed by atoms with Crippen molar-refractivity contribution in [3.05, 3.63) is 34.2 Å². The number of likely N-dealkylation sites (N-methyl/N-ethyl adjacent to an activating group) is 1. The molecule has 2 aliphatic heterocycles. The van der Waals surface area contributed by atoms with Gasteiger partial charge in [-0.3, -0.25) is 9.78 Å². The van der Waals surface area contributed by atoms with Gasteiger partial charge in [-0.2, -0.15) is 0 Å². The first-order valence-electron chi connectivity index (χ1n) is 8.82. The Balaban J connectivity index is 1.65. The highest BCUT2D eigenvalue weighted by atomic mass is 79.9. The zero-order chi connectivity index (χ0) is 17.3. The van der Waals surface area contributed by atoms with Gasteiger partial charge in [0, 0.05) is 30.1 Å². The van der Waals surface area contributed by atoms with E-state index in [2.05, 4.69) is 25.8 Å². The molecule has 1 spiro atoms. The lowest BCUT2D eigenvalue weighted by molar-refractivity contribution is -0.128. The number of rotatable bonds is 1. The second-order valence-electron chi connectivity index (χ2n) is 7.55. The topological polar surface area (TPSA) is 36.4 Å². The van der Waals surface area contributed by atoms with Gasteiger partial charge in [-0.05, 0) is 60.8 Å². The van der Waals surface area contributed by atoms with Gasteiger partial charge in [-0.15, -0.1) is 0 Å². The Kier molecular flexibility index (Phi) is 3.29. The number of hydrogen-bond acceptors (Lipinski definition) is 3.